The van der Waals surface area contributed by atoms with Gasteiger partial charge in [0.05, 0.1) is 18.9 Å². The lowest BCUT2D eigenvalue weighted by atomic mass is 10.2. The van der Waals surface area contributed by atoms with Crippen molar-refractivity contribution in [2.45, 2.75) is 12.6 Å². The average Bonchev–Trinajstić information content (AvgIpc) is 2.81. The van der Waals surface area contributed by atoms with E-state index in [1.165, 1.54) is 12.0 Å². The van der Waals surface area contributed by atoms with Crippen molar-refractivity contribution in [3.8, 4) is 0 Å². The Hall–Kier alpha value is -1.90. The van der Waals surface area contributed by atoms with Gasteiger partial charge in [0.15, 0.2) is 0 Å². The Balaban J connectivity index is 1.94. The molecule has 3 amide bonds. The van der Waals surface area contributed by atoms with Gasteiger partial charge in [-0.25, -0.2) is 0 Å². The Morgan fingerprint density at radius 2 is 2.09 bits per heavy atom. The van der Waals surface area contributed by atoms with E-state index in [0.29, 0.717) is 5.69 Å². The second-order valence-corrected chi connectivity index (χ2v) is 5.71. The molecule has 0 aliphatic carbocycles. The third-order valence-electron chi connectivity index (χ3n) is 3.09. The molecule has 1 atom stereocenters. The number of rotatable bonds is 6. The summed E-state index contributed by atoms with van der Waals surface area (Å²) in [6, 6.07) is 6.17. The molecule has 1 fully saturated rings. The number of methoxy groups -OCH3 is 1. The number of anilines is 1. The van der Waals surface area contributed by atoms with Gasteiger partial charge in [0, 0.05) is 12.8 Å². The summed E-state index contributed by atoms with van der Waals surface area (Å²) in [5.41, 5.74) is 7.02. The maximum absolute atomic E-state index is 11.7. The molecule has 1 saturated heterocycles. The van der Waals surface area contributed by atoms with Crippen molar-refractivity contribution in [1.29, 1.82) is 0 Å². The first-order chi connectivity index (χ1) is 10.5. The van der Waals surface area contributed by atoms with Gasteiger partial charge in [-0.1, -0.05) is 23.9 Å². The molecule has 1 aromatic carbocycles. The van der Waals surface area contributed by atoms with Crippen LogP contribution in [-0.2, 0) is 20.9 Å². The molecule has 1 aliphatic rings. The zero-order valence-corrected chi connectivity index (χ0v) is 12.9. The number of hydrogen-bond acceptors (Lipinski definition) is 6. The summed E-state index contributed by atoms with van der Waals surface area (Å²) in [6.45, 7) is 0.378. The molecule has 8 heteroatoms. The van der Waals surface area contributed by atoms with E-state index in [1.54, 1.807) is 24.3 Å². The highest BCUT2D eigenvalue weighted by Crippen LogP contribution is 2.21. The van der Waals surface area contributed by atoms with Gasteiger partial charge >= 0.3 is 0 Å². The van der Waals surface area contributed by atoms with Crippen LogP contribution in [0.5, 0.6) is 0 Å². The summed E-state index contributed by atoms with van der Waals surface area (Å²) in [4.78, 5) is 36.0. The fourth-order valence-electron chi connectivity index (χ4n) is 1.90. The number of benzene rings is 1. The second kappa shape index (κ2) is 7.39. The Kier molecular flexibility index (Phi) is 5.53. The fraction of sp³-hybridized carbons (Fsp3) is 0.357. The molecule has 118 valence electrons. The molecule has 0 aromatic heterocycles. The molecule has 1 unspecified atom stereocenters. The average molecular weight is 323 g/mol. The van der Waals surface area contributed by atoms with E-state index in [2.05, 4.69) is 5.32 Å². The third kappa shape index (κ3) is 4.06. The molecular formula is C14H17N3O4S. The molecule has 22 heavy (non-hydrogen) atoms. The lowest BCUT2D eigenvalue weighted by Gasteiger charge is -2.14. The topological polar surface area (TPSA) is 102 Å². The molecule has 1 heterocycles. The molecular weight excluding hydrogens is 306 g/mol. The van der Waals surface area contributed by atoms with Crippen LogP contribution in [0.25, 0.3) is 0 Å². The number of carbonyl (C=O) groups is 3. The summed E-state index contributed by atoms with van der Waals surface area (Å²) in [7, 11) is 1.47. The molecule has 0 saturated carbocycles. The monoisotopic (exact) mass is 323 g/mol. The van der Waals surface area contributed by atoms with Gasteiger partial charge in [-0.3, -0.25) is 19.3 Å². The van der Waals surface area contributed by atoms with Crippen LogP contribution >= 0.6 is 11.8 Å². The summed E-state index contributed by atoms with van der Waals surface area (Å²) in [6.07, 6.45) is 0. The first-order valence-electron chi connectivity index (χ1n) is 6.62. The normalized spacial score (nSPS) is 16.0. The van der Waals surface area contributed by atoms with Crippen LogP contribution in [0.1, 0.15) is 5.56 Å². The van der Waals surface area contributed by atoms with E-state index in [-0.39, 0.29) is 36.0 Å². The Labute approximate surface area is 132 Å². The number of imide groups is 1. The SMILES string of the molecule is COCC(N)C(=O)Nc1ccc(CN2C(=O)CSC2=O)cc1. The minimum Gasteiger partial charge on any atom is -0.383 e. The summed E-state index contributed by atoms with van der Waals surface area (Å²) in [5.74, 6) is -0.321. The predicted octanol–water partition coefficient (Wildman–Crippen LogP) is 0.794. The van der Waals surface area contributed by atoms with Crippen LogP contribution in [-0.4, -0.2) is 47.5 Å². The van der Waals surface area contributed by atoms with E-state index in [1.807, 2.05) is 0 Å². The van der Waals surface area contributed by atoms with Gasteiger partial charge in [0.25, 0.3) is 5.24 Å². The summed E-state index contributed by atoms with van der Waals surface area (Å²) in [5, 5.41) is 2.44. The highest BCUT2D eigenvalue weighted by Gasteiger charge is 2.29. The maximum atomic E-state index is 11.7. The molecule has 7 nitrogen and oxygen atoms in total. The zero-order valence-electron chi connectivity index (χ0n) is 12.1. The number of carbonyl (C=O) groups excluding carboxylic acids is 3. The Morgan fingerprint density at radius 3 is 2.64 bits per heavy atom. The number of thioether (sulfide) groups is 1. The zero-order chi connectivity index (χ0) is 16.1. The van der Waals surface area contributed by atoms with E-state index in [0.717, 1.165) is 17.3 Å². The number of nitrogens with two attached hydrogens (primary N) is 1. The van der Waals surface area contributed by atoms with Crippen molar-refractivity contribution in [1.82, 2.24) is 4.90 Å². The Morgan fingerprint density at radius 1 is 1.41 bits per heavy atom. The minimum absolute atomic E-state index is 0.140. The second-order valence-electron chi connectivity index (χ2n) is 4.78. The standard InChI is InChI=1S/C14H17N3O4S/c1-21-7-11(15)13(19)16-10-4-2-9(3-5-10)6-17-12(18)8-22-14(17)20/h2-5,11H,6-8,15H2,1H3,(H,16,19). The quantitative estimate of drug-likeness (QED) is 0.803. The maximum Gasteiger partial charge on any atom is 0.289 e. The fourth-order valence-corrected chi connectivity index (χ4v) is 2.63. The molecule has 0 spiro atoms. The van der Waals surface area contributed by atoms with Gasteiger partial charge in [0.1, 0.15) is 6.04 Å². The predicted molar refractivity (Wildman–Crippen MR) is 83.3 cm³/mol. The van der Waals surface area contributed by atoms with Crippen molar-refractivity contribution in [2.24, 2.45) is 5.73 Å². The van der Waals surface area contributed by atoms with Gasteiger partial charge in [-0.05, 0) is 17.7 Å². The minimum atomic E-state index is -0.735. The number of hydrogen-bond donors (Lipinski definition) is 2. The van der Waals surface area contributed by atoms with Crippen molar-refractivity contribution in [3.05, 3.63) is 29.8 Å². The van der Waals surface area contributed by atoms with Gasteiger partial charge in [-0.15, -0.1) is 0 Å². The van der Waals surface area contributed by atoms with Crippen molar-refractivity contribution in [2.75, 3.05) is 24.8 Å². The summed E-state index contributed by atoms with van der Waals surface area (Å²) >= 11 is 1.01. The third-order valence-corrected chi connectivity index (χ3v) is 3.94. The van der Waals surface area contributed by atoms with Crippen LogP contribution in [0.2, 0.25) is 0 Å². The van der Waals surface area contributed by atoms with Crippen LogP contribution < -0.4 is 11.1 Å². The van der Waals surface area contributed by atoms with E-state index in [9.17, 15) is 14.4 Å². The van der Waals surface area contributed by atoms with E-state index < -0.39 is 6.04 Å². The van der Waals surface area contributed by atoms with Gasteiger partial charge in [-0.2, -0.15) is 0 Å². The molecule has 2 rings (SSSR count). The number of ether oxygens (including phenoxy) is 1. The highest BCUT2D eigenvalue weighted by molar-refractivity contribution is 8.14. The first-order valence-corrected chi connectivity index (χ1v) is 7.61. The molecule has 1 aromatic rings. The van der Waals surface area contributed by atoms with Crippen LogP contribution in [0.4, 0.5) is 10.5 Å². The first kappa shape index (κ1) is 16.5. The molecule has 1 aliphatic heterocycles. The van der Waals surface area contributed by atoms with Crippen LogP contribution in [0, 0.1) is 0 Å². The Bertz CT molecular complexity index is 560. The lowest BCUT2D eigenvalue weighted by molar-refractivity contribution is -0.125. The lowest BCUT2D eigenvalue weighted by Crippen LogP contribution is -2.39. The smallest absolute Gasteiger partial charge is 0.289 e. The van der Waals surface area contributed by atoms with Crippen molar-refractivity contribution >= 4 is 34.5 Å². The molecule has 3 N–H and O–H groups in total. The largest absolute Gasteiger partial charge is 0.383 e. The van der Waals surface area contributed by atoms with Crippen LogP contribution in [0.15, 0.2) is 24.3 Å². The van der Waals surface area contributed by atoms with Gasteiger partial charge in [0.2, 0.25) is 11.8 Å². The van der Waals surface area contributed by atoms with Crippen LogP contribution in [0.3, 0.4) is 0 Å². The van der Waals surface area contributed by atoms with E-state index >= 15 is 0 Å². The number of nitrogens with zero attached hydrogens (tertiary/aromatic N) is 1. The van der Waals surface area contributed by atoms with Crippen molar-refractivity contribution in [3.63, 3.8) is 0 Å². The molecule has 0 bridgehead atoms. The number of nitrogens with one attached hydrogen (secondary N) is 1. The van der Waals surface area contributed by atoms with Gasteiger partial charge < -0.3 is 15.8 Å². The van der Waals surface area contributed by atoms with Crippen molar-refractivity contribution < 1.29 is 19.1 Å². The molecule has 0 radical (unpaired) electrons. The number of amides is 3. The van der Waals surface area contributed by atoms with E-state index in [4.69, 9.17) is 10.5 Å². The summed E-state index contributed by atoms with van der Waals surface area (Å²) < 4.78 is 4.82. The highest BCUT2D eigenvalue weighted by atomic mass is 32.2.